The topological polar surface area (TPSA) is 63.8 Å². The number of aryl methyl sites for hydroxylation is 1. The maximum Gasteiger partial charge on any atom is 0.308 e. The fourth-order valence-corrected chi connectivity index (χ4v) is 3.34. The van der Waals surface area contributed by atoms with Crippen LogP contribution in [-0.4, -0.2) is 27.6 Å². The van der Waals surface area contributed by atoms with Gasteiger partial charge in [0.05, 0.1) is 19.2 Å². The summed E-state index contributed by atoms with van der Waals surface area (Å²) in [6.07, 6.45) is 3.64. The number of halogens is 1. The molecule has 1 N–H and O–H groups in total. The Morgan fingerprint density at radius 2 is 2.23 bits per heavy atom. The summed E-state index contributed by atoms with van der Waals surface area (Å²) in [5.74, 6) is -0.143. The van der Waals surface area contributed by atoms with Crippen molar-refractivity contribution >= 4 is 33.9 Å². The van der Waals surface area contributed by atoms with Gasteiger partial charge in [0.25, 0.3) is 0 Å². The third-order valence-electron chi connectivity index (χ3n) is 3.29. The predicted octanol–water partition coefficient (Wildman–Crippen LogP) is 3.66. The molecule has 0 amide bonds. The van der Waals surface area contributed by atoms with E-state index >= 15 is 0 Å². The lowest BCUT2D eigenvalue weighted by Gasteiger charge is -2.08. The first-order chi connectivity index (χ1) is 10.5. The Labute approximate surface area is 135 Å². The predicted molar refractivity (Wildman–Crippen MR) is 86.1 cm³/mol. The van der Waals surface area contributed by atoms with Crippen molar-refractivity contribution in [1.82, 2.24) is 9.38 Å². The second kappa shape index (κ2) is 5.62. The van der Waals surface area contributed by atoms with Crippen molar-refractivity contribution < 1.29 is 14.6 Å². The molecule has 5 nitrogen and oxygen atoms in total. The lowest BCUT2D eigenvalue weighted by molar-refractivity contribution is -0.136. The molecule has 0 atom stereocenters. The van der Waals surface area contributed by atoms with Crippen LogP contribution in [0.1, 0.15) is 10.4 Å². The molecule has 0 saturated carbocycles. The molecule has 0 spiro atoms. The molecule has 0 saturated heterocycles. The van der Waals surface area contributed by atoms with Gasteiger partial charge in [0.1, 0.15) is 5.75 Å². The average Bonchev–Trinajstić information content (AvgIpc) is 2.98. The Bertz CT molecular complexity index is 838. The van der Waals surface area contributed by atoms with Crippen molar-refractivity contribution in [3.63, 3.8) is 0 Å². The highest BCUT2D eigenvalue weighted by molar-refractivity contribution is 7.17. The summed E-state index contributed by atoms with van der Waals surface area (Å²) in [5.41, 5.74) is 2.49. The van der Waals surface area contributed by atoms with Gasteiger partial charge < -0.3 is 9.84 Å². The van der Waals surface area contributed by atoms with Gasteiger partial charge in [-0.05, 0) is 24.6 Å². The summed E-state index contributed by atoms with van der Waals surface area (Å²) in [6.45, 7) is 1.92. The number of rotatable bonds is 4. The first kappa shape index (κ1) is 14.9. The molecular formula is C15H13ClN2O3S. The minimum atomic E-state index is -0.850. The molecule has 3 rings (SSSR count). The van der Waals surface area contributed by atoms with Gasteiger partial charge in [-0.3, -0.25) is 9.20 Å². The maximum atomic E-state index is 10.8. The van der Waals surface area contributed by atoms with E-state index in [1.54, 1.807) is 13.3 Å². The standard InChI is InChI=1S/C15H13ClN2O3S/c1-8-3-13(21-2)10(5-11(8)16)12-7-18-6-9(4-14(19)20)22-15(18)17-12/h3,5-7H,4H2,1-2H3,(H,19,20). The van der Waals surface area contributed by atoms with Crippen LogP contribution in [0.25, 0.3) is 16.2 Å². The summed E-state index contributed by atoms with van der Waals surface area (Å²) in [6, 6.07) is 3.71. The first-order valence-corrected chi connectivity index (χ1v) is 7.71. The van der Waals surface area contributed by atoms with Crippen LogP contribution in [0.15, 0.2) is 24.5 Å². The number of thiazole rings is 1. The van der Waals surface area contributed by atoms with E-state index in [1.165, 1.54) is 11.3 Å². The number of hydrogen-bond donors (Lipinski definition) is 1. The van der Waals surface area contributed by atoms with E-state index in [9.17, 15) is 4.79 Å². The Morgan fingerprint density at radius 3 is 2.86 bits per heavy atom. The molecular weight excluding hydrogens is 324 g/mol. The molecule has 2 heterocycles. The minimum absolute atomic E-state index is 0.00302. The molecule has 0 aliphatic carbocycles. The highest BCUT2D eigenvalue weighted by atomic mass is 35.5. The fourth-order valence-electron chi connectivity index (χ4n) is 2.23. The van der Waals surface area contributed by atoms with Crippen LogP contribution in [-0.2, 0) is 11.2 Å². The van der Waals surface area contributed by atoms with E-state index in [0.717, 1.165) is 26.7 Å². The number of fused-ring (bicyclic) bond motifs is 1. The lowest BCUT2D eigenvalue weighted by atomic mass is 10.1. The van der Waals surface area contributed by atoms with Crippen molar-refractivity contribution in [2.24, 2.45) is 0 Å². The zero-order chi connectivity index (χ0) is 15.9. The second-order valence-corrected chi connectivity index (χ2v) is 6.39. The summed E-state index contributed by atoms with van der Waals surface area (Å²) >= 11 is 7.55. The Morgan fingerprint density at radius 1 is 1.45 bits per heavy atom. The van der Waals surface area contributed by atoms with Gasteiger partial charge in [-0.25, -0.2) is 4.98 Å². The monoisotopic (exact) mass is 336 g/mol. The van der Waals surface area contributed by atoms with E-state index in [4.69, 9.17) is 21.4 Å². The molecule has 0 fully saturated rings. The molecule has 7 heteroatoms. The molecule has 22 heavy (non-hydrogen) atoms. The van der Waals surface area contributed by atoms with E-state index in [1.807, 2.05) is 29.7 Å². The lowest BCUT2D eigenvalue weighted by Crippen LogP contribution is -1.97. The SMILES string of the molecule is COc1cc(C)c(Cl)cc1-c1cn2cc(CC(=O)O)sc2n1. The molecule has 0 aliphatic heterocycles. The summed E-state index contributed by atoms with van der Waals surface area (Å²) in [4.78, 5) is 16.8. The van der Waals surface area contributed by atoms with Crippen molar-refractivity contribution in [3.8, 4) is 17.0 Å². The third kappa shape index (κ3) is 2.67. The van der Waals surface area contributed by atoms with Crippen LogP contribution in [0.3, 0.4) is 0 Å². The minimum Gasteiger partial charge on any atom is -0.496 e. The molecule has 0 radical (unpaired) electrons. The van der Waals surface area contributed by atoms with E-state index in [-0.39, 0.29) is 6.42 Å². The second-order valence-electron chi connectivity index (χ2n) is 4.89. The number of carboxylic acids is 1. The van der Waals surface area contributed by atoms with E-state index < -0.39 is 5.97 Å². The van der Waals surface area contributed by atoms with Crippen molar-refractivity contribution in [1.29, 1.82) is 0 Å². The molecule has 1 aromatic carbocycles. The van der Waals surface area contributed by atoms with Crippen LogP contribution in [0.4, 0.5) is 0 Å². The highest BCUT2D eigenvalue weighted by Gasteiger charge is 2.14. The molecule has 114 valence electrons. The van der Waals surface area contributed by atoms with Crippen LogP contribution in [0.5, 0.6) is 5.75 Å². The smallest absolute Gasteiger partial charge is 0.308 e. The number of carboxylic acid groups (broad SMARTS) is 1. The van der Waals surface area contributed by atoms with Gasteiger partial charge in [0.2, 0.25) is 0 Å². The molecule has 3 aromatic rings. The molecule has 0 bridgehead atoms. The van der Waals surface area contributed by atoms with Crippen molar-refractivity contribution in [3.05, 3.63) is 40.0 Å². The number of aliphatic carboxylic acids is 1. The first-order valence-electron chi connectivity index (χ1n) is 6.51. The van der Waals surface area contributed by atoms with Gasteiger partial charge in [-0.2, -0.15) is 0 Å². The Kier molecular flexibility index (Phi) is 3.80. The summed E-state index contributed by atoms with van der Waals surface area (Å²) in [7, 11) is 1.61. The zero-order valence-corrected chi connectivity index (χ0v) is 13.5. The van der Waals surface area contributed by atoms with Crippen LogP contribution in [0.2, 0.25) is 5.02 Å². The van der Waals surface area contributed by atoms with Gasteiger partial charge in [0.15, 0.2) is 4.96 Å². The van der Waals surface area contributed by atoms with Gasteiger partial charge >= 0.3 is 5.97 Å². The van der Waals surface area contributed by atoms with Crippen LogP contribution < -0.4 is 4.74 Å². The van der Waals surface area contributed by atoms with Gasteiger partial charge in [-0.1, -0.05) is 11.6 Å². The average molecular weight is 337 g/mol. The Balaban J connectivity index is 2.05. The fraction of sp³-hybridized carbons (Fsp3) is 0.200. The maximum absolute atomic E-state index is 10.8. The quantitative estimate of drug-likeness (QED) is 0.789. The van der Waals surface area contributed by atoms with Gasteiger partial charge in [0, 0.05) is 27.9 Å². The number of carbonyl (C=O) groups is 1. The van der Waals surface area contributed by atoms with E-state index in [0.29, 0.717) is 10.8 Å². The van der Waals surface area contributed by atoms with Crippen LogP contribution >= 0.6 is 22.9 Å². The summed E-state index contributed by atoms with van der Waals surface area (Å²) in [5, 5.41) is 9.48. The molecule has 2 aromatic heterocycles. The summed E-state index contributed by atoms with van der Waals surface area (Å²) < 4.78 is 7.23. The number of methoxy groups -OCH3 is 1. The number of ether oxygens (including phenoxy) is 1. The third-order valence-corrected chi connectivity index (χ3v) is 4.69. The van der Waals surface area contributed by atoms with Crippen molar-refractivity contribution in [2.45, 2.75) is 13.3 Å². The zero-order valence-electron chi connectivity index (χ0n) is 12.0. The number of imidazole rings is 1. The molecule has 0 aliphatic rings. The number of hydrogen-bond acceptors (Lipinski definition) is 4. The largest absolute Gasteiger partial charge is 0.496 e. The van der Waals surface area contributed by atoms with E-state index in [2.05, 4.69) is 4.98 Å². The highest BCUT2D eigenvalue weighted by Crippen LogP contribution is 2.35. The van der Waals surface area contributed by atoms with Crippen LogP contribution in [0, 0.1) is 6.92 Å². The molecule has 0 unspecified atom stereocenters. The van der Waals surface area contributed by atoms with Gasteiger partial charge in [-0.15, -0.1) is 11.3 Å². The number of nitrogens with zero attached hydrogens (tertiary/aromatic N) is 2. The number of benzene rings is 1. The normalized spacial score (nSPS) is 11.0. The van der Waals surface area contributed by atoms with Crippen molar-refractivity contribution in [2.75, 3.05) is 7.11 Å². The number of aromatic nitrogens is 2. The Hall–Kier alpha value is -2.05.